The maximum atomic E-state index is 12.4. The lowest BCUT2D eigenvalue weighted by Crippen LogP contribution is -2.14. The number of fused-ring (bicyclic) bond motifs is 1. The predicted molar refractivity (Wildman–Crippen MR) is 97.2 cm³/mol. The van der Waals surface area contributed by atoms with Gasteiger partial charge in [0.2, 0.25) is 0 Å². The van der Waals surface area contributed by atoms with Crippen molar-refractivity contribution in [2.24, 2.45) is 0 Å². The van der Waals surface area contributed by atoms with Gasteiger partial charge in [-0.15, -0.1) is 0 Å². The zero-order valence-electron chi connectivity index (χ0n) is 13.3. The minimum Gasteiger partial charge on any atom is -0.305 e. The minimum atomic E-state index is -0.303. The van der Waals surface area contributed by atoms with Gasteiger partial charge in [-0.1, -0.05) is 36.4 Å². The smallest absolute Gasteiger partial charge is 0.275 e. The topological polar surface area (TPSA) is 67.8 Å². The molecule has 0 aliphatic heterocycles. The molecule has 3 aromatic heterocycles. The summed E-state index contributed by atoms with van der Waals surface area (Å²) in [6, 6.07) is 20.9. The SMILES string of the molecule is O=C(Nc1ccc2cccnc2n1)c1ccc(-c2ccccc2)cn1. The van der Waals surface area contributed by atoms with Crippen LogP contribution in [-0.2, 0) is 0 Å². The second-order valence-corrected chi connectivity index (χ2v) is 5.50. The van der Waals surface area contributed by atoms with Crippen molar-refractivity contribution in [3.8, 4) is 11.1 Å². The zero-order chi connectivity index (χ0) is 17.1. The van der Waals surface area contributed by atoms with Crippen LogP contribution in [0.5, 0.6) is 0 Å². The van der Waals surface area contributed by atoms with Crippen LogP contribution in [0.4, 0.5) is 5.82 Å². The number of carbonyl (C=O) groups excluding carboxylic acids is 1. The second kappa shape index (κ2) is 6.49. The number of benzene rings is 1. The largest absolute Gasteiger partial charge is 0.305 e. The fourth-order valence-electron chi connectivity index (χ4n) is 2.53. The van der Waals surface area contributed by atoms with Crippen LogP contribution in [0, 0.1) is 0 Å². The first kappa shape index (κ1) is 15.0. The molecule has 0 aliphatic rings. The number of pyridine rings is 3. The van der Waals surface area contributed by atoms with Crippen molar-refractivity contribution >= 4 is 22.8 Å². The van der Waals surface area contributed by atoms with Crippen molar-refractivity contribution in [3.05, 3.63) is 84.8 Å². The molecule has 1 aromatic carbocycles. The van der Waals surface area contributed by atoms with Crippen LogP contribution in [-0.4, -0.2) is 20.9 Å². The number of rotatable bonds is 3. The van der Waals surface area contributed by atoms with Gasteiger partial charge in [0.25, 0.3) is 5.91 Å². The number of anilines is 1. The van der Waals surface area contributed by atoms with Gasteiger partial charge < -0.3 is 5.32 Å². The number of amides is 1. The highest BCUT2D eigenvalue weighted by molar-refractivity contribution is 6.02. The molecular formula is C20H14N4O. The average molecular weight is 326 g/mol. The number of nitrogens with one attached hydrogen (secondary N) is 1. The molecule has 1 N–H and O–H groups in total. The van der Waals surface area contributed by atoms with E-state index in [-0.39, 0.29) is 5.91 Å². The summed E-state index contributed by atoms with van der Waals surface area (Å²) in [6.07, 6.45) is 3.37. The van der Waals surface area contributed by atoms with Crippen molar-refractivity contribution in [1.29, 1.82) is 0 Å². The lowest BCUT2D eigenvalue weighted by molar-refractivity contribution is 0.102. The van der Waals surface area contributed by atoms with Gasteiger partial charge in [-0.3, -0.25) is 9.78 Å². The van der Waals surface area contributed by atoms with Crippen LogP contribution in [0.15, 0.2) is 79.1 Å². The summed E-state index contributed by atoms with van der Waals surface area (Å²) < 4.78 is 0. The summed E-state index contributed by atoms with van der Waals surface area (Å²) in [5.74, 6) is 0.146. The number of carbonyl (C=O) groups is 1. The van der Waals surface area contributed by atoms with Crippen LogP contribution >= 0.6 is 0 Å². The number of nitrogens with zero attached hydrogens (tertiary/aromatic N) is 3. The van der Waals surface area contributed by atoms with Gasteiger partial charge in [0.15, 0.2) is 5.65 Å². The molecule has 0 saturated heterocycles. The molecule has 5 nitrogen and oxygen atoms in total. The van der Waals surface area contributed by atoms with E-state index in [1.807, 2.05) is 54.6 Å². The van der Waals surface area contributed by atoms with Crippen LogP contribution in [0.2, 0.25) is 0 Å². The Morgan fingerprint density at radius 2 is 1.68 bits per heavy atom. The third kappa shape index (κ3) is 3.21. The van der Waals surface area contributed by atoms with Gasteiger partial charge >= 0.3 is 0 Å². The summed E-state index contributed by atoms with van der Waals surface area (Å²) in [7, 11) is 0. The molecule has 120 valence electrons. The Morgan fingerprint density at radius 1 is 0.800 bits per heavy atom. The molecular weight excluding hydrogens is 312 g/mol. The molecule has 4 aromatic rings. The Hall–Kier alpha value is -3.60. The van der Waals surface area contributed by atoms with Crippen molar-refractivity contribution in [2.45, 2.75) is 0 Å². The van der Waals surface area contributed by atoms with Gasteiger partial charge in [-0.05, 0) is 35.9 Å². The first-order valence-corrected chi connectivity index (χ1v) is 7.84. The highest BCUT2D eigenvalue weighted by Gasteiger charge is 2.09. The van der Waals surface area contributed by atoms with Gasteiger partial charge in [-0.25, -0.2) is 9.97 Å². The zero-order valence-corrected chi connectivity index (χ0v) is 13.3. The number of hydrogen-bond acceptors (Lipinski definition) is 4. The van der Waals surface area contributed by atoms with E-state index in [2.05, 4.69) is 20.3 Å². The molecule has 0 radical (unpaired) electrons. The maximum Gasteiger partial charge on any atom is 0.275 e. The van der Waals surface area contributed by atoms with Gasteiger partial charge in [0, 0.05) is 23.3 Å². The number of aromatic nitrogens is 3. The average Bonchev–Trinajstić information content (AvgIpc) is 2.69. The highest BCUT2D eigenvalue weighted by Crippen LogP contribution is 2.18. The molecule has 0 saturated carbocycles. The summed E-state index contributed by atoms with van der Waals surface area (Å²) in [5.41, 5.74) is 2.95. The van der Waals surface area contributed by atoms with E-state index in [0.717, 1.165) is 16.5 Å². The molecule has 3 heterocycles. The van der Waals surface area contributed by atoms with E-state index in [0.29, 0.717) is 17.2 Å². The third-order valence-corrected chi connectivity index (χ3v) is 3.81. The van der Waals surface area contributed by atoms with Crippen molar-refractivity contribution in [1.82, 2.24) is 15.0 Å². The quantitative estimate of drug-likeness (QED) is 0.619. The summed E-state index contributed by atoms with van der Waals surface area (Å²) >= 11 is 0. The Labute approximate surface area is 144 Å². The molecule has 0 aliphatic carbocycles. The molecule has 0 fully saturated rings. The highest BCUT2D eigenvalue weighted by atomic mass is 16.1. The lowest BCUT2D eigenvalue weighted by atomic mass is 10.1. The van der Waals surface area contributed by atoms with Crippen LogP contribution < -0.4 is 5.32 Å². The van der Waals surface area contributed by atoms with E-state index in [9.17, 15) is 4.79 Å². The minimum absolute atomic E-state index is 0.303. The Balaban J connectivity index is 1.54. The van der Waals surface area contributed by atoms with Crippen LogP contribution in [0.1, 0.15) is 10.5 Å². The summed E-state index contributed by atoms with van der Waals surface area (Å²) in [6.45, 7) is 0. The monoisotopic (exact) mass is 326 g/mol. The van der Waals surface area contributed by atoms with E-state index < -0.39 is 0 Å². The molecule has 1 amide bonds. The Kier molecular flexibility index (Phi) is 3.88. The molecule has 5 heteroatoms. The molecule has 0 bridgehead atoms. The third-order valence-electron chi connectivity index (χ3n) is 3.81. The van der Waals surface area contributed by atoms with E-state index in [1.54, 1.807) is 24.5 Å². The Morgan fingerprint density at radius 3 is 2.48 bits per heavy atom. The first-order valence-electron chi connectivity index (χ1n) is 7.84. The molecule has 4 rings (SSSR count). The van der Waals surface area contributed by atoms with Crippen molar-refractivity contribution in [2.75, 3.05) is 5.32 Å². The van der Waals surface area contributed by atoms with E-state index in [4.69, 9.17) is 0 Å². The summed E-state index contributed by atoms with van der Waals surface area (Å²) in [4.78, 5) is 25.1. The first-order chi connectivity index (χ1) is 12.3. The number of hydrogen-bond donors (Lipinski definition) is 1. The Bertz CT molecular complexity index is 1030. The molecule has 0 atom stereocenters. The summed E-state index contributed by atoms with van der Waals surface area (Å²) in [5, 5.41) is 3.68. The van der Waals surface area contributed by atoms with Gasteiger partial charge in [0.1, 0.15) is 11.5 Å². The predicted octanol–water partition coefficient (Wildman–Crippen LogP) is 3.94. The normalized spacial score (nSPS) is 10.6. The fourth-order valence-corrected chi connectivity index (χ4v) is 2.53. The van der Waals surface area contributed by atoms with Gasteiger partial charge in [0.05, 0.1) is 0 Å². The second-order valence-electron chi connectivity index (χ2n) is 5.50. The van der Waals surface area contributed by atoms with E-state index in [1.165, 1.54) is 0 Å². The fraction of sp³-hybridized carbons (Fsp3) is 0. The van der Waals surface area contributed by atoms with Gasteiger partial charge in [-0.2, -0.15) is 0 Å². The van der Waals surface area contributed by atoms with Crippen LogP contribution in [0.25, 0.3) is 22.2 Å². The molecule has 0 spiro atoms. The molecule has 25 heavy (non-hydrogen) atoms. The van der Waals surface area contributed by atoms with Crippen molar-refractivity contribution in [3.63, 3.8) is 0 Å². The standard InChI is InChI=1S/C20H14N4O/c25-20(24-18-11-9-15-7-4-12-21-19(15)23-18)17-10-8-16(13-22-17)14-5-2-1-3-6-14/h1-13H,(H,21,23,24,25). The lowest BCUT2D eigenvalue weighted by Gasteiger charge is -2.06. The van der Waals surface area contributed by atoms with Crippen LogP contribution in [0.3, 0.4) is 0 Å². The maximum absolute atomic E-state index is 12.4. The van der Waals surface area contributed by atoms with Crippen molar-refractivity contribution < 1.29 is 4.79 Å². The molecule has 0 unspecified atom stereocenters. The van der Waals surface area contributed by atoms with E-state index >= 15 is 0 Å².